The van der Waals surface area contributed by atoms with E-state index >= 15 is 0 Å². The summed E-state index contributed by atoms with van der Waals surface area (Å²) in [6.45, 7) is 7.80. The summed E-state index contributed by atoms with van der Waals surface area (Å²) in [4.78, 5) is 4.70. The van der Waals surface area contributed by atoms with Gasteiger partial charge in [0.15, 0.2) is 0 Å². The van der Waals surface area contributed by atoms with E-state index in [4.69, 9.17) is 15.1 Å². The van der Waals surface area contributed by atoms with Gasteiger partial charge in [0.25, 0.3) is 0 Å². The van der Waals surface area contributed by atoms with Gasteiger partial charge >= 0.3 is 0 Å². The van der Waals surface area contributed by atoms with Crippen LogP contribution in [0, 0.1) is 17.8 Å². The lowest BCUT2D eigenvalue weighted by atomic mass is 9.67. The number of benzene rings is 3. The van der Waals surface area contributed by atoms with Gasteiger partial charge < -0.3 is 14.7 Å². The van der Waals surface area contributed by atoms with Gasteiger partial charge in [0.05, 0.1) is 11.1 Å². The second kappa shape index (κ2) is 12.7. The molecule has 246 valence electrons. The minimum Gasteiger partial charge on any atom is -0.460 e. The molecule has 3 aliphatic carbocycles. The molecule has 4 heteroatoms. The first kappa shape index (κ1) is 31.2. The fourth-order valence-electron chi connectivity index (χ4n) is 8.77. The van der Waals surface area contributed by atoms with E-state index in [2.05, 4.69) is 123 Å². The fraction of sp³-hybridized carbons (Fsp3) is 0.267. The lowest BCUT2D eigenvalue weighted by Gasteiger charge is -2.36. The molecule has 0 spiro atoms. The van der Waals surface area contributed by atoms with Gasteiger partial charge in [-0.05, 0) is 91.3 Å². The molecule has 5 aromatic rings. The number of hydrogen-bond donors (Lipinski definition) is 1. The zero-order chi connectivity index (χ0) is 33.5. The van der Waals surface area contributed by atoms with Gasteiger partial charge in [0.2, 0.25) is 0 Å². The summed E-state index contributed by atoms with van der Waals surface area (Å²) in [5, 5.41) is 2.58. The largest absolute Gasteiger partial charge is 0.460 e. The quantitative estimate of drug-likeness (QED) is 0.142. The van der Waals surface area contributed by atoms with Crippen LogP contribution < -0.4 is 5.73 Å². The predicted octanol–water partition coefficient (Wildman–Crippen LogP) is 11.0. The van der Waals surface area contributed by atoms with Crippen LogP contribution in [-0.4, -0.2) is 10.8 Å². The SMILES string of the molecule is C[C@@H]1Cc2c(oc3ccccc23)[C@@](C)(C(/C=C\Cn2c3c(c4ccccc42)[C@@H](C)C(C2=CCC(C=Nc4ccccc4)C=C2)C=C3)=C/N)C1. The zero-order valence-electron chi connectivity index (χ0n) is 28.7. The van der Waals surface area contributed by atoms with Gasteiger partial charge in [-0.1, -0.05) is 105 Å². The van der Waals surface area contributed by atoms with Crippen LogP contribution in [0.5, 0.6) is 0 Å². The molecule has 2 N–H and O–H groups in total. The number of aromatic nitrogens is 1. The van der Waals surface area contributed by atoms with E-state index in [-0.39, 0.29) is 5.41 Å². The topological polar surface area (TPSA) is 56.5 Å². The first-order valence-corrected chi connectivity index (χ1v) is 17.8. The number of hydrogen-bond acceptors (Lipinski definition) is 3. The normalized spacial score (nSPS) is 25.4. The highest BCUT2D eigenvalue weighted by Gasteiger charge is 2.41. The molecule has 5 atom stereocenters. The van der Waals surface area contributed by atoms with Crippen LogP contribution in [-0.2, 0) is 18.4 Å². The van der Waals surface area contributed by atoms with E-state index in [0.717, 1.165) is 48.4 Å². The van der Waals surface area contributed by atoms with Crippen LogP contribution in [0.3, 0.4) is 0 Å². The Labute approximate surface area is 289 Å². The molecule has 0 aliphatic heterocycles. The summed E-state index contributed by atoms with van der Waals surface area (Å²) in [5.41, 5.74) is 15.9. The number of furan rings is 1. The van der Waals surface area contributed by atoms with Gasteiger partial charge in [-0.2, -0.15) is 0 Å². The van der Waals surface area contributed by atoms with Crippen LogP contribution in [0.1, 0.15) is 62.1 Å². The maximum atomic E-state index is 6.57. The molecule has 2 unspecified atom stereocenters. The number of fused-ring (bicyclic) bond motifs is 6. The maximum Gasteiger partial charge on any atom is 0.134 e. The Morgan fingerprint density at radius 3 is 2.53 bits per heavy atom. The Hall–Kier alpha value is -5.09. The van der Waals surface area contributed by atoms with E-state index in [9.17, 15) is 0 Å². The zero-order valence-corrected chi connectivity index (χ0v) is 28.7. The molecule has 3 aromatic carbocycles. The molecule has 4 nitrogen and oxygen atoms in total. The third-order valence-electron chi connectivity index (χ3n) is 11.1. The first-order valence-electron chi connectivity index (χ1n) is 17.8. The number of allylic oxidation sites excluding steroid dienone is 8. The molecule has 2 aromatic heterocycles. The summed E-state index contributed by atoms with van der Waals surface area (Å²) in [5.74, 6) is 2.61. The van der Waals surface area contributed by atoms with E-state index in [1.165, 1.54) is 38.7 Å². The molecular formula is C45H45N3O. The monoisotopic (exact) mass is 643 g/mol. The molecule has 49 heavy (non-hydrogen) atoms. The van der Waals surface area contributed by atoms with Crippen molar-refractivity contribution in [3.05, 3.63) is 155 Å². The third kappa shape index (κ3) is 5.53. The standard InChI is InChI=1S/C45H45N3O/c1-30-26-39-37-15-8-10-18-42(37)49-44(39)45(3,27-30)34(28-46)12-11-25-48-40-17-9-7-16-38(40)43-31(2)36(23-24-41(43)48)33-21-19-32(20-22-33)29-47-35-13-5-4-6-14-35/h4-19,21-24,28-32,36H,20,25-27,46H2,1-3H3/b12-11-,34-28+,47-29?/t30-,31+,32?,36?,45-/m1/s1. The minimum absolute atomic E-state index is 0.287. The smallest absolute Gasteiger partial charge is 0.134 e. The van der Waals surface area contributed by atoms with Crippen molar-refractivity contribution >= 4 is 39.9 Å². The Morgan fingerprint density at radius 1 is 0.959 bits per heavy atom. The molecule has 0 radical (unpaired) electrons. The highest BCUT2D eigenvalue weighted by molar-refractivity contribution is 5.90. The van der Waals surface area contributed by atoms with Crippen LogP contribution in [0.2, 0.25) is 0 Å². The molecule has 0 saturated carbocycles. The van der Waals surface area contributed by atoms with Crippen molar-refractivity contribution < 1.29 is 4.42 Å². The van der Waals surface area contributed by atoms with Crippen molar-refractivity contribution in [2.45, 2.75) is 57.9 Å². The van der Waals surface area contributed by atoms with Crippen molar-refractivity contribution in [3.8, 4) is 0 Å². The van der Waals surface area contributed by atoms with E-state index in [0.29, 0.717) is 23.7 Å². The lowest BCUT2D eigenvalue weighted by molar-refractivity contribution is 0.313. The third-order valence-corrected chi connectivity index (χ3v) is 11.1. The van der Waals surface area contributed by atoms with Crippen molar-refractivity contribution in [3.63, 3.8) is 0 Å². The average Bonchev–Trinajstić information content (AvgIpc) is 3.67. The van der Waals surface area contributed by atoms with Gasteiger partial charge in [-0.25, -0.2) is 0 Å². The summed E-state index contributed by atoms with van der Waals surface area (Å²) in [6, 6.07) is 27.5. The average molecular weight is 644 g/mol. The Kier molecular flexibility index (Phi) is 8.11. The van der Waals surface area contributed by atoms with Gasteiger partial charge in [-0.15, -0.1) is 0 Å². The first-order chi connectivity index (χ1) is 23.9. The lowest BCUT2D eigenvalue weighted by Crippen LogP contribution is -2.32. The van der Waals surface area contributed by atoms with Crippen molar-refractivity contribution in [2.75, 3.05) is 0 Å². The number of rotatable bonds is 7. The highest BCUT2D eigenvalue weighted by Crippen LogP contribution is 2.49. The molecule has 0 amide bonds. The van der Waals surface area contributed by atoms with Crippen LogP contribution >= 0.6 is 0 Å². The molecule has 2 heterocycles. The summed E-state index contributed by atoms with van der Waals surface area (Å²) >= 11 is 0. The van der Waals surface area contributed by atoms with E-state index < -0.39 is 0 Å². The fourth-order valence-corrected chi connectivity index (χ4v) is 8.77. The van der Waals surface area contributed by atoms with Gasteiger partial charge in [-0.3, -0.25) is 4.99 Å². The summed E-state index contributed by atoms with van der Waals surface area (Å²) in [7, 11) is 0. The Balaban J connectivity index is 1.05. The van der Waals surface area contributed by atoms with Crippen LogP contribution in [0.25, 0.3) is 27.9 Å². The Morgan fingerprint density at radius 2 is 1.73 bits per heavy atom. The molecule has 3 aliphatic rings. The van der Waals surface area contributed by atoms with Crippen molar-refractivity contribution in [2.24, 2.45) is 28.5 Å². The van der Waals surface area contributed by atoms with Gasteiger partial charge in [0, 0.05) is 52.1 Å². The van der Waals surface area contributed by atoms with Crippen LogP contribution in [0.15, 0.2) is 142 Å². The number of nitrogens with zero attached hydrogens (tertiary/aromatic N) is 2. The number of para-hydroxylation sites is 3. The summed E-state index contributed by atoms with van der Waals surface area (Å²) in [6.07, 6.45) is 23.2. The van der Waals surface area contributed by atoms with Crippen molar-refractivity contribution in [1.29, 1.82) is 0 Å². The second-order valence-corrected chi connectivity index (χ2v) is 14.5. The second-order valence-electron chi connectivity index (χ2n) is 14.5. The van der Waals surface area contributed by atoms with Crippen molar-refractivity contribution in [1.82, 2.24) is 4.57 Å². The number of nitrogens with two attached hydrogens (primary N) is 1. The highest BCUT2D eigenvalue weighted by atomic mass is 16.3. The minimum atomic E-state index is -0.287. The predicted molar refractivity (Wildman–Crippen MR) is 205 cm³/mol. The number of aliphatic imine (C=N–C) groups is 1. The molecule has 8 rings (SSSR count). The van der Waals surface area contributed by atoms with Gasteiger partial charge in [0.1, 0.15) is 11.3 Å². The van der Waals surface area contributed by atoms with Crippen LogP contribution in [0.4, 0.5) is 5.69 Å². The Bertz CT molecular complexity index is 2200. The molecule has 0 fully saturated rings. The maximum absolute atomic E-state index is 6.57. The van der Waals surface area contributed by atoms with E-state index in [1.807, 2.05) is 30.3 Å². The van der Waals surface area contributed by atoms with E-state index in [1.54, 1.807) is 6.20 Å². The molecule has 0 saturated heterocycles. The molecule has 0 bridgehead atoms. The molecular weight excluding hydrogens is 599 g/mol. The summed E-state index contributed by atoms with van der Waals surface area (Å²) < 4.78 is 9.04.